The van der Waals surface area contributed by atoms with Crippen LogP contribution < -0.4 is 5.32 Å². The Balaban J connectivity index is 1.93. The first kappa shape index (κ1) is 15.4. The van der Waals surface area contributed by atoms with Crippen LogP contribution in [0.15, 0.2) is 11.6 Å². The highest BCUT2D eigenvalue weighted by atomic mass is 79.9. The lowest BCUT2D eigenvalue weighted by molar-refractivity contribution is -0.155. The highest BCUT2D eigenvalue weighted by Crippen LogP contribution is 2.82. The second-order valence-corrected chi connectivity index (χ2v) is 11.0. The summed E-state index contributed by atoms with van der Waals surface area (Å²) < 4.78 is 0.199. The normalized spacial score (nSPS) is 37.8. The van der Waals surface area contributed by atoms with Crippen molar-refractivity contribution in [2.45, 2.75) is 35.3 Å². The molecular weight excluding hydrogens is 472 g/mol. The van der Waals surface area contributed by atoms with Crippen LogP contribution >= 0.6 is 59.1 Å². The summed E-state index contributed by atoms with van der Waals surface area (Å²) in [5, 5.41) is 5.54. The highest BCUT2D eigenvalue weighted by molar-refractivity contribution is 9.24. The first-order valence-electron chi connectivity index (χ1n) is 6.44. The summed E-state index contributed by atoms with van der Waals surface area (Å²) in [5.74, 6) is 0.0908. The smallest absolute Gasteiger partial charge is 0.234 e. The van der Waals surface area contributed by atoms with Gasteiger partial charge in [-0.3, -0.25) is 4.79 Å². The molecule has 3 atom stereocenters. The molecule has 3 nitrogen and oxygen atoms in total. The van der Waals surface area contributed by atoms with Crippen LogP contribution in [-0.2, 0) is 4.79 Å². The number of nitrogens with zero attached hydrogens (tertiary/aromatic N) is 1. The van der Waals surface area contributed by atoms with Crippen molar-refractivity contribution < 1.29 is 4.79 Å². The van der Waals surface area contributed by atoms with Crippen molar-refractivity contribution in [3.05, 3.63) is 11.6 Å². The third-order valence-corrected chi connectivity index (χ3v) is 9.47. The van der Waals surface area contributed by atoms with E-state index in [-0.39, 0.29) is 30.7 Å². The standard InChI is InChI=1S/C13H15Br3N2OS/c1-11(2)12(8(15)16)3-4-13(11,7(12)14)9(19)18-10-17-5-6-20-10/h5-8H,3-4H2,1-2H3,(H,17,18,19). The maximum Gasteiger partial charge on any atom is 0.234 e. The minimum absolute atomic E-state index is 0.0627. The molecule has 4 rings (SSSR count). The van der Waals surface area contributed by atoms with E-state index in [4.69, 9.17) is 0 Å². The van der Waals surface area contributed by atoms with Crippen molar-refractivity contribution in [2.75, 3.05) is 5.32 Å². The third-order valence-electron chi connectivity index (χ3n) is 5.54. The molecule has 1 amide bonds. The largest absolute Gasteiger partial charge is 0.301 e. The average Bonchev–Trinajstić information content (AvgIpc) is 3.01. The van der Waals surface area contributed by atoms with Crippen LogP contribution in [-0.4, -0.2) is 19.5 Å². The fraction of sp³-hybridized carbons (Fsp3) is 0.692. The monoisotopic (exact) mass is 484 g/mol. The molecule has 20 heavy (non-hydrogen) atoms. The predicted octanol–water partition coefficient (Wildman–Crippen LogP) is 4.77. The molecule has 0 aliphatic heterocycles. The van der Waals surface area contributed by atoms with Gasteiger partial charge in [-0.15, -0.1) is 11.3 Å². The van der Waals surface area contributed by atoms with Crippen LogP contribution in [0.1, 0.15) is 26.7 Å². The highest BCUT2D eigenvalue weighted by Gasteiger charge is 2.83. The van der Waals surface area contributed by atoms with E-state index in [1.54, 1.807) is 6.20 Å². The summed E-state index contributed by atoms with van der Waals surface area (Å²) in [6.07, 6.45) is 3.64. The van der Waals surface area contributed by atoms with Gasteiger partial charge in [0, 0.05) is 21.8 Å². The fourth-order valence-corrected chi connectivity index (χ4v) is 9.63. The van der Waals surface area contributed by atoms with Crippen molar-refractivity contribution in [1.29, 1.82) is 0 Å². The molecule has 1 N–H and O–H groups in total. The van der Waals surface area contributed by atoms with Gasteiger partial charge < -0.3 is 5.32 Å². The van der Waals surface area contributed by atoms with Crippen LogP contribution in [0, 0.1) is 16.2 Å². The Morgan fingerprint density at radius 1 is 1.50 bits per heavy atom. The molecule has 110 valence electrons. The Kier molecular flexibility index (Phi) is 3.68. The van der Waals surface area contributed by atoms with Crippen molar-refractivity contribution >= 4 is 70.2 Å². The molecule has 3 unspecified atom stereocenters. The van der Waals surface area contributed by atoms with Gasteiger partial charge in [-0.1, -0.05) is 61.6 Å². The predicted molar refractivity (Wildman–Crippen MR) is 93.0 cm³/mol. The van der Waals surface area contributed by atoms with Gasteiger partial charge in [-0.05, 0) is 18.3 Å². The molecular formula is C13H15Br3N2OS. The van der Waals surface area contributed by atoms with Gasteiger partial charge >= 0.3 is 0 Å². The molecule has 1 aromatic rings. The number of amides is 1. The number of fused-ring (bicyclic) bond motifs is 1. The number of anilines is 1. The number of nitrogens with one attached hydrogen (secondary N) is 1. The minimum atomic E-state index is -0.363. The quantitative estimate of drug-likeness (QED) is 0.625. The number of alkyl halides is 3. The molecule has 1 aromatic heterocycles. The zero-order valence-electron chi connectivity index (χ0n) is 11.1. The van der Waals surface area contributed by atoms with Gasteiger partial charge in [0.1, 0.15) is 0 Å². The molecule has 3 fully saturated rings. The van der Waals surface area contributed by atoms with E-state index < -0.39 is 0 Å². The van der Waals surface area contributed by atoms with E-state index in [0.29, 0.717) is 5.13 Å². The summed E-state index contributed by atoms with van der Waals surface area (Å²) in [7, 11) is 0. The molecule has 0 aromatic carbocycles. The van der Waals surface area contributed by atoms with Gasteiger partial charge in [0.05, 0.1) is 9.15 Å². The Morgan fingerprint density at radius 2 is 2.20 bits per heavy atom. The summed E-state index contributed by atoms with van der Waals surface area (Å²) in [6.45, 7) is 4.41. The maximum atomic E-state index is 12.9. The first-order valence-corrected chi connectivity index (χ1v) is 10.1. The minimum Gasteiger partial charge on any atom is -0.301 e. The average molecular weight is 487 g/mol. The molecule has 3 aliphatic rings. The lowest BCUT2D eigenvalue weighted by Gasteiger charge is -2.66. The molecule has 7 heteroatoms. The Hall–Kier alpha value is 0.540. The second-order valence-electron chi connectivity index (χ2n) is 6.09. The van der Waals surface area contributed by atoms with E-state index in [9.17, 15) is 4.79 Å². The Morgan fingerprint density at radius 3 is 2.65 bits per heavy atom. The fourth-order valence-electron chi connectivity index (χ4n) is 4.19. The van der Waals surface area contributed by atoms with Crippen molar-refractivity contribution in [3.63, 3.8) is 0 Å². The van der Waals surface area contributed by atoms with Crippen LogP contribution in [0.2, 0.25) is 0 Å². The maximum absolute atomic E-state index is 12.9. The number of halogens is 3. The van der Waals surface area contributed by atoms with Crippen molar-refractivity contribution in [3.8, 4) is 0 Å². The van der Waals surface area contributed by atoms with Crippen LogP contribution in [0.25, 0.3) is 0 Å². The molecule has 2 bridgehead atoms. The molecule has 1 heterocycles. The first-order chi connectivity index (χ1) is 9.30. The second kappa shape index (κ2) is 4.77. The Labute approximate surface area is 147 Å². The molecule has 0 saturated heterocycles. The summed E-state index contributed by atoms with van der Waals surface area (Å²) in [5.41, 5.74) is -0.376. The number of hydrogen-bond donors (Lipinski definition) is 1. The number of thiazole rings is 1. The number of carbonyl (C=O) groups excluding carboxylic acids is 1. The third kappa shape index (κ3) is 1.56. The van der Waals surface area contributed by atoms with Gasteiger partial charge in [0.25, 0.3) is 0 Å². The van der Waals surface area contributed by atoms with Crippen LogP contribution in [0.5, 0.6) is 0 Å². The molecule has 3 saturated carbocycles. The summed E-state index contributed by atoms with van der Waals surface area (Å²) in [6, 6.07) is 0. The van der Waals surface area contributed by atoms with Crippen molar-refractivity contribution in [2.24, 2.45) is 16.2 Å². The van der Waals surface area contributed by atoms with Crippen LogP contribution in [0.3, 0.4) is 0 Å². The topological polar surface area (TPSA) is 42.0 Å². The van der Waals surface area contributed by atoms with Crippen molar-refractivity contribution in [1.82, 2.24) is 4.98 Å². The van der Waals surface area contributed by atoms with E-state index >= 15 is 0 Å². The molecule has 0 spiro atoms. The lowest BCUT2D eigenvalue weighted by Crippen LogP contribution is -2.71. The molecule has 3 aliphatic carbocycles. The van der Waals surface area contributed by atoms with Gasteiger partial charge in [-0.25, -0.2) is 4.98 Å². The zero-order valence-corrected chi connectivity index (χ0v) is 16.7. The molecule has 0 radical (unpaired) electrons. The Bertz CT molecular complexity index is 548. The van der Waals surface area contributed by atoms with E-state index in [2.05, 4.69) is 71.9 Å². The zero-order chi connectivity index (χ0) is 14.8. The van der Waals surface area contributed by atoms with Gasteiger partial charge in [-0.2, -0.15) is 0 Å². The van der Waals surface area contributed by atoms with E-state index in [1.807, 2.05) is 5.38 Å². The van der Waals surface area contributed by atoms with Crippen LogP contribution in [0.4, 0.5) is 5.13 Å². The summed E-state index contributed by atoms with van der Waals surface area (Å²) >= 11 is 12.6. The number of hydrogen-bond acceptors (Lipinski definition) is 3. The summed E-state index contributed by atoms with van der Waals surface area (Å²) in [4.78, 5) is 17.2. The lowest BCUT2D eigenvalue weighted by atomic mass is 9.43. The SMILES string of the molecule is CC1(C)C2(C(=O)Nc3nccs3)CCC1(C(Br)Br)C2Br. The van der Waals surface area contributed by atoms with E-state index in [1.165, 1.54) is 11.3 Å². The number of aromatic nitrogens is 1. The van der Waals surface area contributed by atoms with Gasteiger partial charge in [0.15, 0.2) is 5.13 Å². The van der Waals surface area contributed by atoms with Gasteiger partial charge in [0.2, 0.25) is 5.91 Å². The number of carbonyl (C=O) groups is 1. The van der Waals surface area contributed by atoms with E-state index in [0.717, 1.165) is 12.8 Å². The number of rotatable bonds is 3.